The summed E-state index contributed by atoms with van der Waals surface area (Å²) >= 11 is 0. The molecule has 0 heterocycles. The van der Waals surface area contributed by atoms with Crippen molar-refractivity contribution in [3.8, 4) is 0 Å². The lowest BCUT2D eigenvalue weighted by molar-refractivity contribution is -0.475. The van der Waals surface area contributed by atoms with E-state index in [1.807, 2.05) is 0 Å². The Labute approximate surface area is 198 Å². The topological polar surface area (TPSA) is 20.2 Å². The zero-order valence-electron chi connectivity index (χ0n) is 16.8. The molecule has 1 nitrogen and oxygen atoms in total. The van der Waals surface area contributed by atoms with Crippen LogP contribution in [0.15, 0.2) is 0 Å². The summed E-state index contributed by atoms with van der Waals surface area (Å²) < 4.78 is 336. The first-order chi connectivity index (χ1) is 16.7. The van der Waals surface area contributed by atoms with Gasteiger partial charge in [-0.3, -0.25) is 0 Å². The third kappa shape index (κ3) is 4.45. The summed E-state index contributed by atoms with van der Waals surface area (Å²) in [4.78, 5) is 0. The molecule has 0 bridgehead atoms. The molecule has 0 aliphatic rings. The smallest absolute Gasteiger partial charge is 0.352 e. The second kappa shape index (κ2) is 9.07. The maximum atomic E-state index is 13.5. The molecule has 1 atom stereocenters. The van der Waals surface area contributed by atoms with Gasteiger partial charge in [0.1, 0.15) is 0 Å². The van der Waals surface area contributed by atoms with E-state index in [0.717, 1.165) is 0 Å². The van der Waals surface area contributed by atoms with Crippen molar-refractivity contribution < 1.29 is 119 Å². The summed E-state index contributed by atoms with van der Waals surface area (Å²) in [6.07, 6.45) is -21.8. The van der Waals surface area contributed by atoms with Crippen molar-refractivity contribution in [3.63, 3.8) is 0 Å². The van der Waals surface area contributed by atoms with Crippen LogP contribution in [0.25, 0.3) is 0 Å². The van der Waals surface area contributed by atoms with Crippen LogP contribution in [-0.4, -0.2) is 76.6 Å². The van der Waals surface area contributed by atoms with Gasteiger partial charge in [0.2, 0.25) is 0 Å². The van der Waals surface area contributed by atoms with E-state index in [1.54, 1.807) is 0 Å². The Bertz CT molecular complexity index is 918. The molecule has 27 heteroatoms. The van der Waals surface area contributed by atoms with Crippen LogP contribution < -0.4 is 0 Å². The first kappa shape index (κ1) is 38.1. The van der Waals surface area contributed by atoms with E-state index in [1.165, 1.54) is 0 Å². The minimum Gasteiger partial charge on any atom is -0.352 e. The third-order valence-corrected chi connectivity index (χ3v) is 4.45. The van der Waals surface area contributed by atoms with E-state index in [9.17, 15) is 114 Å². The van der Waals surface area contributed by atoms with Crippen LogP contribution in [0.3, 0.4) is 0 Å². The molecule has 0 aromatic rings. The van der Waals surface area contributed by atoms with Crippen molar-refractivity contribution in [2.45, 2.75) is 71.5 Å². The van der Waals surface area contributed by atoms with Crippen LogP contribution >= 0.6 is 0 Å². The van der Waals surface area contributed by atoms with Gasteiger partial charge in [-0.2, -0.15) is 110 Å². The lowest BCUT2D eigenvalue weighted by Crippen LogP contribution is -2.77. The van der Waals surface area contributed by atoms with Crippen molar-refractivity contribution >= 4 is 0 Å². The van der Waals surface area contributed by atoms with Gasteiger partial charge < -0.3 is 5.11 Å². The number of rotatable bonds is 10. The molecule has 0 aliphatic heterocycles. The van der Waals surface area contributed by atoms with Crippen LogP contribution in [-0.2, 0) is 0 Å². The second-order valence-electron chi connectivity index (χ2n) is 7.10. The zero-order valence-corrected chi connectivity index (χ0v) is 16.8. The van der Waals surface area contributed by atoms with Gasteiger partial charge in [0.25, 0.3) is 6.17 Å². The van der Waals surface area contributed by atoms with Gasteiger partial charge in [-0.05, 0) is 0 Å². The maximum absolute atomic E-state index is 13.5. The highest BCUT2D eigenvalue weighted by Crippen LogP contribution is 2.67. The van der Waals surface area contributed by atoms with Crippen molar-refractivity contribution in [3.05, 3.63) is 6.17 Å². The summed E-state index contributed by atoms with van der Waals surface area (Å²) in [6, 6.07) is 0. The molecule has 0 aliphatic carbocycles. The van der Waals surface area contributed by atoms with Crippen LogP contribution in [0.2, 0.25) is 0 Å². The predicted octanol–water partition coefficient (Wildman–Crippen LogP) is 7.99. The van der Waals surface area contributed by atoms with Crippen LogP contribution in [0.4, 0.5) is 114 Å². The molecule has 0 spiro atoms. The van der Waals surface area contributed by atoms with Crippen molar-refractivity contribution in [1.29, 1.82) is 0 Å². The molecule has 0 amide bonds. The zero-order chi connectivity index (χ0) is 33.6. The molecule has 0 saturated carbocycles. The Hall–Kier alpha value is -1.86. The molecule has 0 aromatic heterocycles. The summed E-state index contributed by atoms with van der Waals surface area (Å²) in [6.45, 7) is 0. The van der Waals surface area contributed by atoms with Crippen molar-refractivity contribution in [2.24, 2.45) is 0 Å². The van der Waals surface area contributed by atoms with E-state index in [4.69, 9.17) is 5.11 Å². The Morgan fingerprint density at radius 3 is 0.700 bits per heavy atom. The van der Waals surface area contributed by atoms with Crippen LogP contribution in [0.5, 0.6) is 0 Å². The Kier molecular flexibility index (Phi) is 8.65. The molecule has 241 valence electrons. The van der Waals surface area contributed by atoms with E-state index < -0.39 is 77.7 Å². The molecule has 0 fully saturated rings. The molecule has 1 N–H and O–H groups in total. The summed E-state index contributed by atoms with van der Waals surface area (Å²) in [5, 5.41) is 7.85. The first-order valence-electron chi connectivity index (χ1n) is 8.14. The SMILES string of the molecule is OC(F)([C](F)C(F)(F)C(F)(F)C(F)(F)C(F)(F)C(F)(F)C(F)(F)C(F)(F)C(F)(F)C(F)(F)C(F)(F)F)C(F)(F)F. The molecule has 40 heavy (non-hydrogen) atoms. The van der Waals surface area contributed by atoms with Crippen molar-refractivity contribution in [1.82, 2.24) is 0 Å². The van der Waals surface area contributed by atoms with Gasteiger partial charge in [0.15, 0.2) is 0 Å². The fourth-order valence-corrected chi connectivity index (χ4v) is 2.03. The van der Waals surface area contributed by atoms with E-state index in [-0.39, 0.29) is 0 Å². The maximum Gasteiger partial charge on any atom is 0.460 e. The van der Waals surface area contributed by atoms with Crippen LogP contribution in [0, 0.1) is 6.17 Å². The lowest BCUT2D eigenvalue weighted by Gasteiger charge is -2.45. The van der Waals surface area contributed by atoms with Gasteiger partial charge in [0, 0.05) is 0 Å². The minimum absolute atomic E-state index is 5.94. The van der Waals surface area contributed by atoms with Crippen molar-refractivity contribution in [2.75, 3.05) is 0 Å². The number of halogens is 26. The molecule has 1 unspecified atom stereocenters. The minimum atomic E-state index is -9.63. The third-order valence-electron chi connectivity index (χ3n) is 4.45. The summed E-state index contributed by atoms with van der Waals surface area (Å²) in [7, 11) is 0. The predicted molar refractivity (Wildman–Crippen MR) is 67.0 cm³/mol. The molecular formula is C13HF26O. The van der Waals surface area contributed by atoms with Gasteiger partial charge in [-0.15, -0.1) is 0 Å². The Morgan fingerprint density at radius 2 is 0.500 bits per heavy atom. The fourth-order valence-electron chi connectivity index (χ4n) is 2.03. The average molecular weight is 667 g/mol. The van der Waals surface area contributed by atoms with E-state index in [0.29, 0.717) is 0 Å². The van der Waals surface area contributed by atoms with Gasteiger partial charge >= 0.3 is 71.5 Å². The highest BCUT2D eigenvalue weighted by atomic mass is 19.4. The number of alkyl halides is 25. The quantitative estimate of drug-likeness (QED) is 0.235. The van der Waals surface area contributed by atoms with Gasteiger partial charge in [-0.25, -0.2) is 4.39 Å². The van der Waals surface area contributed by atoms with Gasteiger partial charge in [-0.1, -0.05) is 0 Å². The van der Waals surface area contributed by atoms with Gasteiger partial charge in [0.05, 0.1) is 0 Å². The number of aliphatic hydroxyl groups is 1. The lowest BCUT2D eigenvalue weighted by atomic mass is 9.85. The highest BCUT2D eigenvalue weighted by Gasteiger charge is 2.98. The van der Waals surface area contributed by atoms with E-state index >= 15 is 0 Å². The molecule has 0 rings (SSSR count). The average Bonchev–Trinajstić information content (AvgIpc) is 2.70. The molecule has 1 radical (unpaired) electrons. The summed E-state index contributed by atoms with van der Waals surface area (Å²) in [5.41, 5.74) is 0. The van der Waals surface area contributed by atoms with Crippen LogP contribution in [0.1, 0.15) is 0 Å². The molecular weight excluding hydrogens is 666 g/mol. The number of hydrogen-bond acceptors (Lipinski definition) is 1. The second-order valence-corrected chi connectivity index (χ2v) is 7.10. The Morgan fingerprint density at radius 1 is 0.300 bits per heavy atom. The largest absolute Gasteiger partial charge is 0.460 e. The Balaban J connectivity index is 7.25. The highest BCUT2D eigenvalue weighted by molar-refractivity contribution is 5.22. The standard InChI is InChI=1S/C13HF26O/c14-1(3(17,40)12(34,35)36)2(15,16)4(18,19)5(20,21)6(22,23)7(24,25)8(26,27)9(28,29)10(30,31)11(32,33)13(37,38)39/h40H. The first-order valence-corrected chi connectivity index (χ1v) is 8.14. The molecule has 0 saturated heterocycles. The monoisotopic (exact) mass is 667 g/mol. The molecule has 0 aromatic carbocycles. The fraction of sp³-hybridized carbons (Fsp3) is 0.923. The number of hydrogen-bond donors (Lipinski definition) is 1. The summed E-state index contributed by atoms with van der Waals surface area (Å²) in [5.74, 6) is -91.0. The van der Waals surface area contributed by atoms with E-state index in [2.05, 4.69) is 0 Å². The normalized spacial score (nSPS) is 18.3.